The normalized spacial score (nSPS) is 13.1. The SMILES string of the molecule is CCc1cccc(C)c1N(C(=O)Cn1c([C@@H](C)c2ccc(CC(C)C)cc2)nc2ccccc21)[C@H](C)COC. The lowest BCUT2D eigenvalue weighted by molar-refractivity contribution is -0.119. The van der Waals surface area contributed by atoms with Gasteiger partial charge in [-0.15, -0.1) is 0 Å². The lowest BCUT2D eigenvalue weighted by Gasteiger charge is -2.32. The second kappa shape index (κ2) is 12.6. The van der Waals surface area contributed by atoms with Crippen LogP contribution < -0.4 is 4.90 Å². The Labute approximate surface area is 233 Å². The Morgan fingerprint density at radius 3 is 2.36 bits per heavy atom. The first-order chi connectivity index (χ1) is 18.7. The number of rotatable bonds is 11. The lowest BCUT2D eigenvalue weighted by atomic mass is 9.96. The fourth-order valence-electron chi connectivity index (χ4n) is 5.62. The Morgan fingerprint density at radius 1 is 0.974 bits per heavy atom. The number of fused-ring (bicyclic) bond motifs is 1. The third-order valence-electron chi connectivity index (χ3n) is 7.55. The van der Waals surface area contributed by atoms with E-state index in [1.54, 1.807) is 7.11 Å². The fraction of sp³-hybridized carbons (Fsp3) is 0.412. The average Bonchev–Trinajstić information content (AvgIpc) is 3.27. The highest BCUT2D eigenvalue weighted by atomic mass is 16.5. The highest BCUT2D eigenvalue weighted by molar-refractivity contribution is 5.96. The molecule has 0 saturated carbocycles. The van der Waals surface area contributed by atoms with Crippen LogP contribution in [0.3, 0.4) is 0 Å². The van der Waals surface area contributed by atoms with Gasteiger partial charge in [0.25, 0.3) is 0 Å². The van der Waals surface area contributed by atoms with Gasteiger partial charge in [0.15, 0.2) is 0 Å². The number of methoxy groups -OCH3 is 1. The van der Waals surface area contributed by atoms with Crippen molar-refractivity contribution in [2.75, 3.05) is 18.6 Å². The van der Waals surface area contributed by atoms with Crippen LogP contribution >= 0.6 is 0 Å². The summed E-state index contributed by atoms with van der Waals surface area (Å²) in [7, 11) is 1.69. The third-order valence-corrected chi connectivity index (χ3v) is 7.55. The molecule has 1 heterocycles. The van der Waals surface area contributed by atoms with Gasteiger partial charge in [-0.2, -0.15) is 0 Å². The average molecular weight is 526 g/mol. The predicted octanol–water partition coefficient (Wildman–Crippen LogP) is 7.33. The molecule has 0 aliphatic rings. The second-order valence-electron chi connectivity index (χ2n) is 11.1. The molecule has 4 rings (SSSR count). The number of benzene rings is 3. The summed E-state index contributed by atoms with van der Waals surface area (Å²) in [5.74, 6) is 1.59. The molecule has 4 aromatic rings. The van der Waals surface area contributed by atoms with E-state index in [2.05, 4.69) is 94.6 Å². The van der Waals surface area contributed by atoms with Crippen LogP contribution in [0.25, 0.3) is 11.0 Å². The van der Waals surface area contributed by atoms with Crippen molar-refractivity contribution in [1.82, 2.24) is 9.55 Å². The van der Waals surface area contributed by atoms with E-state index in [0.29, 0.717) is 12.5 Å². The van der Waals surface area contributed by atoms with Crippen LogP contribution in [0.2, 0.25) is 0 Å². The summed E-state index contributed by atoms with van der Waals surface area (Å²) < 4.78 is 7.63. The Kier molecular flexibility index (Phi) is 9.24. The molecule has 0 saturated heterocycles. The third kappa shape index (κ3) is 6.25. The molecule has 0 fully saturated rings. The van der Waals surface area contributed by atoms with Crippen molar-refractivity contribution >= 4 is 22.6 Å². The number of aromatic nitrogens is 2. The van der Waals surface area contributed by atoms with Crippen LogP contribution in [0.5, 0.6) is 0 Å². The van der Waals surface area contributed by atoms with Gasteiger partial charge in [-0.1, -0.05) is 82.3 Å². The van der Waals surface area contributed by atoms with Crippen LogP contribution in [0.15, 0.2) is 66.7 Å². The van der Waals surface area contributed by atoms with Gasteiger partial charge >= 0.3 is 0 Å². The standard InChI is InChI=1S/C34H43N3O2/c1-8-28-13-11-12-24(4)33(28)37(25(5)22-39-7)32(38)21-36-31-15-10-9-14-30(31)35-34(36)26(6)29-18-16-27(17-19-29)20-23(2)3/h9-19,23,25-26H,8,20-22H2,1-7H3/t25-,26+/m1/s1. The van der Waals surface area contributed by atoms with Crippen molar-refractivity contribution in [2.45, 2.75) is 72.9 Å². The van der Waals surface area contributed by atoms with Gasteiger partial charge in [-0.25, -0.2) is 4.98 Å². The molecule has 39 heavy (non-hydrogen) atoms. The summed E-state index contributed by atoms with van der Waals surface area (Å²) in [6.45, 7) is 13.6. The Balaban J connectivity index is 1.75. The first-order valence-corrected chi connectivity index (χ1v) is 14.2. The van der Waals surface area contributed by atoms with Gasteiger partial charge in [-0.05, 0) is 67.0 Å². The number of carbonyl (C=O) groups is 1. The topological polar surface area (TPSA) is 47.4 Å². The van der Waals surface area contributed by atoms with Gasteiger partial charge < -0.3 is 14.2 Å². The first kappa shape index (κ1) is 28.6. The predicted molar refractivity (Wildman–Crippen MR) is 162 cm³/mol. The van der Waals surface area contributed by atoms with Gasteiger partial charge in [0, 0.05) is 13.0 Å². The quantitative estimate of drug-likeness (QED) is 0.206. The minimum Gasteiger partial charge on any atom is -0.383 e. The lowest BCUT2D eigenvalue weighted by Crippen LogP contribution is -2.44. The Morgan fingerprint density at radius 2 is 1.69 bits per heavy atom. The highest BCUT2D eigenvalue weighted by Gasteiger charge is 2.28. The van der Waals surface area contributed by atoms with Crippen molar-refractivity contribution in [3.05, 3.63) is 94.8 Å². The number of nitrogens with zero attached hydrogens (tertiary/aromatic N) is 3. The van der Waals surface area contributed by atoms with Crippen molar-refractivity contribution in [3.63, 3.8) is 0 Å². The molecule has 0 bridgehead atoms. The number of aryl methyl sites for hydroxylation is 2. The maximum Gasteiger partial charge on any atom is 0.247 e. The van der Waals surface area contributed by atoms with E-state index >= 15 is 0 Å². The van der Waals surface area contributed by atoms with E-state index in [-0.39, 0.29) is 24.4 Å². The molecule has 5 heteroatoms. The second-order valence-corrected chi connectivity index (χ2v) is 11.1. The minimum absolute atomic E-state index is 0.0347. The number of hydrogen-bond acceptors (Lipinski definition) is 3. The van der Waals surface area contributed by atoms with Crippen molar-refractivity contribution in [3.8, 4) is 0 Å². The van der Waals surface area contributed by atoms with Crippen molar-refractivity contribution in [2.24, 2.45) is 5.92 Å². The number of anilines is 1. The van der Waals surface area contributed by atoms with Crippen LogP contribution in [-0.4, -0.2) is 35.2 Å². The maximum atomic E-state index is 14.3. The number of amides is 1. The van der Waals surface area contributed by atoms with Gasteiger partial charge in [0.1, 0.15) is 12.4 Å². The number of imidazole rings is 1. The summed E-state index contributed by atoms with van der Waals surface area (Å²) in [5.41, 5.74) is 7.68. The summed E-state index contributed by atoms with van der Waals surface area (Å²) in [6.07, 6.45) is 1.92. The van der Waals surface area contributed by atoms with E-state index in [1.807, 2.05) is 23.1 Å². The van der Waals surface area contributed by atoms with E-state index < -0.39 is 0 Å². The van der Waals surface area contributed by atoms with Crippen LogP contribution in [0.4, 0.5) is 5.69 Å². The molecular weight excluding hydrogens is 482 g/mol. The number of para-hydroxylation sites is 3. The van der Waals surface area contributed by atoms with E-state index in [4.69, 9.17) is 9.72 Å². The molecule has 0 N–H and O–H groups in total. The molecule has 0 unspecified atom stereocenters. The molecule has 2 atom stereocenters. The van der Waals surface area contributed by atoms with Gasteiger partial charge in [-0.3, -0.25) is 4.79 Å². The van der Waals surface area contributed by atoms with Crippen molar-refractivity contribution < 1.29 is 9.53 Å². The molecule has 1 amide bonds. The summed E-state index contributed by atoms with van der Waals surface area (Å²) >= 11 is 0. The largest absolute Gasteiger partial charge is 0.383 e. The summed E-state index contributed by atoms with van der Waals surface area (Å²) in [5, 5.41) is 0. The summed E-state index contributed by atoms with van der Waals surface area (Å²) in [4.78, 5) is 21.3. The zero-order valence-electron chi connectivity index (χ0n) is 24.6. The highest BCUT2D eigenvalue weighted by Crippen LogP contribution is 2.31. The molecule has 0 aliphatic carbocycles. The first-order valence-electron chi connectivity index (χ1n) is 14.2. The maximum absolute atomic E-state index is 14.3. The molecule has 5 nitrogen and oxygen atoms in total. The molecular formula is C34H43N3O2. The van der Waals surface area contributed by atoms with E-state index in [0.717, 1.165) is 46.5 Å². The smallest absolute Gasteiger partial charge is 0.247 e. The minimum atomic E-state index is -0.113. The Bertz CT molecular complexity index is 1400. The molecule has 0 radical (unpaired) electrons. The molecule has 0 spiro atoms. The zero-order valence-corrected chi connectivity index (χ0v) is 24.6. The van der Waals surface area contributed by atoms with Crippen LogP contribution in [-0.2, 0) is 28.9 Å². The molecule has 206 valence electrons. The van der Waals surface area contributed by atoms with Crippen LogP contribution in [0, 0.1) is 12.8 Å². The zero-order chi connectivity index (χ0) is 28.1. The van der Waals surface area contributed by atoms with E-state index in [1.165, 1.54) is 11.1 Å². The monoisotopic (exact) mass is 525 g/mol. The van der Waals surface area contributed by atoms with Gasteiger partial charge in [0.2, 0.25) is 5.91 Å². The number of ether oxygens (including phenoxy) is 1. The molecule has 3 aromatic carbocycles. The fourth-order valence-corrected chi connectivity index (χ4v) is 5.62. The number of carbonyl (C=O) groups excluding carboxylic acids is 1. The molecule has 0 aliphatic heterocycles. The summed E-state index contributed by atoms with van der Waals surface area (Å²) in [6, 6.07) is 23.1. The Hall–Kier alpha value is -3.44. The van der Waals surface area contributed by atoms with Crippen LogP contribution in [0.1, 0.15) is 68.6 Å². The van der Waals surface area contributed by atoms with Crippen molar-refractivity contribution in [1.29, 1.82) is 0 Å². The molecule has 1 aromatic heterocycles. The van der Waals surface area contributed by atoms with Gasteiger partial charge in [0.05, 0.1) is 29.4 Å². The number of hydrogen-bond donors (Lipinski definition) is 0. The van der Waals surface area contributed by atoms with E-state index in [9.17, 15) is 4.79 Å².